The molecule has 31 heavy (non-hydrogen) atoms. The number of hydrogen-bond donors (Lipinski definition) is 2. The Bertz CT molecular complexity index is 1070. The number of anilines is 1. The van der Waals surface area contributed by atoms with Crippen molar-refractivity contribution in [2.75, 3.05) is 5.32 Å². The minimum atomic E-state index is -2.85. The molecule has 1 spiro atoms. The SMILES string of the molecule is C[C@H]1SC(N)=N[C@](C)(c2cc(NC(=O)c3ccc(F)cn3)ccc2F)C12CC(F)(F)C2. The molecule has 1 aromatic carbocycles. The maximum Gasteiger partial charge on any atom is 0.274 e. The molecule has 1 saturated carbocycles. The molecule has 2 aromatic rings. The van der Waals surface area contributed by atoms with Gasteiger partial charge in [0, 0.05) is 34.8 Å². The van der Waals surface area contributed by atoms with Gasteiger partial charge in [-0.15, -0.1) is 0 Å². The molecule has 1 aromatic heterocycles. The number of amides is 1. The van der Waals surface area contributed by atoms with Gasteiger partial charge in [-0.1, -0.05) is 18.7 Å². The van der Waals surface area contributed by atoms with Gasteiger partial charge in [-0.2, -0.15) is 0 Å². The number of amidine groups is 1. The number of thioether (sulfide) groups is 1. The van der Waals surface area contributed by atoms with Crippen LogP contribution in [0.3, 0.4) is 0 Å². The summed E-state index contributed by atoms with van der Waals surface area (Å²) in [6, 6.07) is 6.19. The molecule has 0 unspecified atom stereocenters. The van der Waals surface area contributed by atoms with Crippen LogP contribution in [0.1, 0.15) is 42.7 Å². The highest BCUT2D eigenvalue weighted by Crippen LogP contribution is 2.67. The molecule has 1 fully saturated rings. The fourth-order valence-corrected chi connectivity index (χ4v) is 5.78. The first kappa shape index (κ1) is 21.6. The van der Waals surface area contributed by atoms with E-state index in [-0.39, 0.29) is 27.4 Å². The summed E-state index contributed by atoms with van der Waals surface area (Å²) in [7, 11) is 0. The van der Waals surface area contributed by atoms with E-state index >= 15 is 0 Å². The van der Waals surface area contributed by atoms with Crippen molar-refractivity contribution >= 4 is 28.5 Å². The number of carbonyl (C=O) groups is 1. The second kappa shape index (κ2) is 7.22. The molecule has 0 radical (unpaired) electrons. The molecule has 0 saturated heterocycles. The van der Waals surface area contributed by atoms with Crippen LogP contribution in [0.15, 0.2) is 41.5 Å². The number of benzene rings is 1. The van der Waals surface area contributed by atoms with Gasteiger partial charge in [-0.05, 0) is 37.3 Å². The van der Waals surface area contributed by atoms with Crippen molar-refractivity contribution in [2.45, 2.75) is 43.4 Å². The van der Waals surface area contributed by atoms with Gasteiger partial charge in [-0.3, -0.25) is 9.79 Å². The first-order chi connectivity index (χ1) is 14.5. The van der Waals surface area contributed by atoms with E-state index < -0.39 is 47.3 Å². The fraction of sp³-hybridized carbons (Fsp3) is 0.381. The van der Waals surface area contributed by atoms with Gasteiger partial charge >= 0.3 is 0 Å². The number of nitrogens with two attached hydrogens (primary N) is 1. The number of aromatic nitrogens is 1. The molecule has 3 N–H and O–H groups in total. The Labute approximate surface area is 180 Å². The molecular weight excluding hydrogens is 432 g/mol. The van der Waals surface area contributed by atoms with E-state index in [1.807, 2.05) is 0 Å². The van der Waals surface area contributed by atoms with Crippen molar-refractivity contribution in [1.29, 1.82) is 0 Å². The van der Waals surface area contributed by atoms with Crippen molar-refractivity contribution in [1.82, 2.24) is 4.98 Å². The molecule has 10 heteroatoms. The van der Waals surface area contributed by atoms with Gasteiger partial charge in [0.2, 0.25) is 5.92 Å². The van der Waals surface area contributed by atoms with Crippen LogP contribution in [0.2, 0.25) is 0 Å². The second-order valence-corrected chi connectivity index (χ2v) is 9.52. The molecule has 2 heterocycles. The first-order valence-electron chi connectivity index (χ1n) is 9.59. The third-order valence-electron chi connectivity index (χ3n) is 6.24. The predicted octanol–water partition coefficient (Wildman–Crippen LogP) is 4.69. The highest BCUT2D eigenvalue weighted by atomic mass is 32.2. The van der Waals surface area contributed by atoms with E-state index in [4.69, 9.17) is 5.73 Å². The number of rotatable bonds is 3. The Hall–Kier alpha value is -2.62. The average molecular weight is 452 g/mol. The van der Waals surface area contributed by atoms with E-state index in [9.17, 15) is 22.4 Å². The fourth-order valence-electron chi connectivity index (χ4n) is 4.56. The van der Waals surface area contributed by atoms with Crippen LogP contribution in [0.25, 0.3) is 0 Å². The maximum absolute atomic E-state index is 15.0. The van der Waals surface area contributed by atoms with Crippen LogP contribution < -0.4 is 11.1 Å². The first-order valence-corrected chi connectivity index (χ1v) is 10.5. The number of halogens is 4. The van der Waals surface area contributed by atoms with E-state index in [1.165, 1.54) is 30.0 Å². The molecular formula is C21H20F4N4OS. The van der Waals surface area contributed by atoms with Gasteiger partial charge in [0.1, 0.15) is 17.3 Å². The molecule has 2 atom stereocenters. The minimum Gasteiger partial charge on any atom is -0.379 e. The summed E-state index contributed by atoms with van der Waals surface area (Å²) in [4.78, 5) is 20.6. The number of nitrogens with one attached hydrogen (secondary N) is 1. The van der Waals surface area contributed by atoms with Crippen molar-refractivity contribution in [2.24, 2.45) is 16.1 Å². The van der Waals surface area contributed by atoms with Gasteiger partial charge in [-0.25, -0.2) is 22.5 Å². The number of pyridine rings is 1. The summed E-state index contributed by atoms with van der Waals surface area (Å²) < 4.78 is 56.0. The zero-order chi connectivity index (χ0) is 22.6. The molecule has 1 amide bonds. The molecule has 2 aliphatic rings. The standard InChI is InChI=1S/C21H20F4N4OS/c1-11-20(9-21(24,25)10-20)19(2,29-18(26)31-11)14-7-13(4-5-15(14)23)28-17(30)16-6-3-12(22)8-27-16/h3-8,11H,9-10H2,1-2H3,(H2,26,29)(H,28,30)/t11-,19-/m1/s1. The number of nitrogens with zero attached hydrogens (tertiary/aromatic N) is 2. The molecule has 0 bridgehead atoms. The van der Waals surface area contributed by atoms with Crippen LogP contribution in [-0.2, 0) is 5.54 Å². The van der Waals surface area contributed by atoms with Crippen molar-refractivity contribution in [3.05, 3.63) is 59.4 Å². The average Bonchev–Trinajstić information content (AvgIpc) is 2.66. The summed E-state index contributed by atoms with van der Waals surface area (Å²) in [5, 5.41) is 2.47. The lowest BCUT2D eigenvalue weighted by Gasteiger charge is -2.60. The number of carbonyl (C=O) groups excluding carboxylic acids is 1. The van der Waals surface area contributed by atoms with Crippen LogP contribution in [0, 0.1) is 17.0 Å². The number of hydrogen-bond acceptors (Lipinski definition) is 5. The summed E-state index contributed by atoms with van der Waals surface area (Å²) in [5.41, 5.74) is 3.89. The normalized spacial score (nSPS) is 26.1. The quantitative estimate of drug-likeness (QED) is 0.662. The van der Waals surface area contributed by atoms with E-state index in [2.05, 4.69) is 15.3 Å². The van der Waals surface area contributed by atoms with E-state index in [0.29, 0.717) is 0 Å². The van der Waals surface area contributed by atoms with Gasteiger partial charge in [0.05, 0.1) is 11.7 Å². The number of aliphatic imine (C=N–C) groups is 1. The third-order valence-corrected chi connectivity index (χ3v) is 7.37. The van der Waals surface area contributed by atoms with E-state index in [1.54, 1.807) is 13.8 Å². The molecule has 164 valence electrons. The Morgan fingerprint density at radius 1 is 1.23 bits per heavy atom. The lowest BCUT2D eigenvalue weighted by molar-refractivity contribution is -0.187. The summed E-state index contributed by atoms with van der Waals surface area (Å²) in [5.74, 6) is -4.70. The highest BCUT2D eigenvalue weighted by molar-refractivity contribution is 8.14. The summed E-state index contributed by atoms with van der Waals surface area (Å²) in [6.45, 7) is 3.40. The Morgan fingerprint density at radius 3 is 2.55 bits per heavy atom. The maximum atomic E-state index is 15.0. The van der Waals surface area contributed by atoms with Crippen LogP contribution in [-0.4, -0.2) is 27.2 Å². The Kier molecular flexibility index (Phi) is 5.03. The van der Waals surface area contributed by atoms with Crippen LogP contribution in [0.4, 0.5) is 23.2 Å². The van der Waals surface area contributed by atoms with Crippen LogP contribution in [0.5, 0.6) is 0 Å². The smallest absolute Gasteiger partial charge is 0.274 e. The largest absolute Gasteiger partial charge is 0.379 e. The minimum absolute atomic E-state index is 0.0291. The van der Waals surface area contributed by atoms with Gasteiger partial charge in [0.25, 0.3) is 5.91 Å². The molecule has 4 rings (SSSR count). The zero-order valence-corrected chi connectivity index (χ0v) is 17.6. The Balaban J connectivity index is 1.72. The highest BCUT2D eigenvalue weighted by Gasteiger charge is 2.69. The van der Waals surface area contributed by atoms with Crippen molar-refractivity contribution in [3.8, 4) is 0 Å². The molecule has 1 aliphatic carbocycles. The second-order valence-electron chi connectivity index (χ2n) is 8.16. The van der Waals surface area contributed by atoms with Crippen molar-refractivity contribution < 1.29 is 22.4 Å². The predicted molar refractivity (Wildman–Crippen MR) is 111 cm³/mol. The van der Waals surface area contributed by atoms with Crippen molar-refractivity contribution in [3.63, 3.8) is 0 Å². The lowest BCUT2D eigenvalue weighted by atomic mass is 9.52. The molecule has 5 nitrogen and oxygen atoms in total. The van der Waals surface area contributed by atoms with Crippen LogP contribution >= 0.6 is 11.8 Å². The molecule has 1 aliphatic heterocycles. The zero-order valence-electron chi connectivity index (χ0n) is 16.8. The van der Waals surface area contributed by atoms with Gasteiger partial charge < -0.3 is 11.1 Å². The topological polar surface area (TPSA) is 80.4 Å². The monoisotopic (exact) mass is 452 g/mol. The third kappa shape index (κ3) is 3.56. The summed E-state index contributed by atoms with van der Waals surface area (Å²) >= 11 is 1.20. The number of alkyl halides is 2. The van der Waals surface area contributed by atoms with E-state index in [0.717, 1.165) is 18.3 Å². The summed E-state index contributed by atoms with van der Waals surface area (Å²) in [6.07, 6.45) is 0.0408. The van der Waals surface area contributed by atoms with Gasteiger partial charge in [0.15, 0.2) is 5.17 Å². The lowest BCUT2D eigenvalue weighted by Crippen LogP contribution is -2.63. The Morgan fingerprint density at radius 2 is 1.94 bits per heavy atom.